The zero-order chi connectivity index (χ0) is 23.8. The van der Waals surface area contributed by atoms with E-state index in [0.29, 0.717) is 22.6 Å². The van der Waals surface area contributed by atoms with Gasteiger partial charge in [0.1, 0.15) is 12.4 Å². The van der Waals surface area contributed by atoms with E-state index in [1.54, 1.807) is 32.5 Å². The van der Waals surface area contributed by atoms with Gasteiger partial charge in [0, 0.05) is 35.6 Å². The average Bonchev–Trinajstić information content (AvgIpc) is 3.26. The number of benzene rings is 3. The van der Waals surface area contributed by atoms with Crippen LogP contribution >= 0.6 is 12.4 Å². The molecule has 0 spiro atoms. The lowest BCUT2D eigenvalue weighted by molar-refractivity contribution is 0.0535. The van der Waals surface area contributed by atoms with Crippen molar-refractivity contribution in [3.63, 3.8) is 0 Å². The molecule has 0 radical (unpaired) electrons. The van der Waals surface area contributed by atoms with Crippen LogP contribution in [0.25, 0.3) is 21.9 Å². The van der Waals surface area contributed by atoms with Gasteiger partial charge in [0.15, 0.2) is 11.5 Å². The van der Waals surface area contributed by atoms with Gasteiger partial charge in [-0.05, 0) is 65.4 Å². The van der Waals surface area contributed by atoms with E-state index in [9.17, 15) is 4.79 Å². The number of fused-ring (bicyclic) bond motifs is 2. The second-order valence-corrected chi connectivity index (χ2v) is 7.91. The lowest BCUT2D eigenvalue weighted by Crippen LogP contribution is -2.11. The molecule has 1 aliphatic rings. The Balaban J connectivity index is 0.00000289. The van der Waals surface area contributed by atoms with Gasteiger partial charge in [0.05, 0.1) is 31.4 Å². The first kappa shape index (κ1) is 23.9. The van der Waals surface area contributed by atoms with Crippen molar-refractivity contribution in [2.75, 3.05) is 26.2 Å². The maximum Gasteiger partial charge on any atom is 0.339 e. The van der Waals surface area contributed by atoms with Crippen molar-refractivity contribution in [3.8, 4) is 28.7 Å². The molecule has 0 N–H and O–H groups in total. The molecule has 0 atom stereocenters. The van der Waals surface area contributed by atoms with Crippen LogP contribution in [0.4, 0.5) is 11.5 Å². The Labute approximate surface area is 208 Å². The molecule has 3 aromatic carbocycles. The minimum Gasteiger partial charge on any atom is -0.493 e. The Morgan fingerprint density at radius 2 is 1.71 bits per heavy atom. The SMILES string of the molecule is COc1cc2cc3c(c(-c4ccc(N(C)c5ccc(C#N)cc5)nc4)c2cc1OC)C(=O)OC3.Cl. The Bertz CT molecular complexity index is 1460. The molecule has 2 heterocycles. The summed E-state index contributed by atoms with van der Waals surface area (Å²) in [5.41, 5.74) is 4.45. The third kappa shape index (κ3) is 4.09. The number of pyridine rings is 1. The number of esters is 1. The minimum atomic E-state index is -0.347. The van der Waals surface area contributed by atoms with Crippen molar-refractivity contribution < 1.29 is 19.0 Å². The Morgan fingerprint density at radius 3 is 2.34 bits per heavy atom. The van der Waals surface area contributed by atoms with E-state index in [2.05, 4.69) is 11.1 Å². The summed E-state index contributed by atoms with van der Waals surface area (Å²) >= 11 is 0. The lowest BCUT2D eigenvalue weighted by atomic mass is 9.91. The summed E-state index contributed by atoms with van der Waals surface area (Å²) < 4.78 is 16.3. The van der Waals surface area contributed by atoms with E-state index < -0.39 is 0 Å². The third-order valence-corrected chi connectivity index (χ3v) is 6.05. The van der Waals surface area contributed by atoms with Gasteiger partial charge in [-0.3, -0.25) is 0 Å². The summed E-state index contributed by atoms with van der Waals surface area (Å²) in [6.07, 6.45) is 1.76. The van der Waals surface area contributed by atoms with Crippen LogP contribution < -0.4 is 14.4 Å². The summed E-state index contributed by atoms with van der Waals surface area (Å²) in [5.74, 6) is 1.57. The molecule has 0 saturated heterocycles. The van der Waals surface area contributed by atoms with Crippen LogP contribution in [0.2, 0.25) is 0 Å². The summed E-state index contributed by atoms with van der Waals surface area (Å²) in [7, 11) is 5.09. The second-order valence-electron chi connectivity index (χ2n) is 7.91. The number of halogens is 1. The molecule has 4 aromatic rings. The fourth-order valence-electron chi connectivity index (χ4n) is 4.27. The van der Waals surface area contributed by atoms with Crippen LogP contribution in [0.1, 0.15) is 21.5 Å². The Hall–Kier alpha value is -4.28. The largest absolute Gasteiger partial charge is 0.493 e. The number of aromatic nitrogens is 1. The van der Waals surface area contributed by atoms with E-state index >= 15 is 0 Å². The van der Waals surface area contributed by atoms with Crippen molar-refractivity contribution in [1.82, 2.24) is 4.98 Å². The first-order chi connectivity index (χ1) is 16.5. The zero-order valence-corrected chi connectivity index (χ0v) is 20.2. The van der Waals surface area contributed by atoms with Crippen LogP contribution in [0.3, 0.4) is 0 Å². The number of nitriles is 1. The van der Waals surface area contributed by atoms with Gasteiger partial charge in [0.25, 0.3) is 0 Å². The Morgan fingerprint density at radius 1 is 1.00 bits per heavy atom. The highest BCUT2D eigenvalue weighted by molar-refractivity contribution is 6.11. The van der Waals surface area contributed by atoms with Gasteiger partial charge in [-0.2, -0.15) is 5.26 Å². The van der Waals surface area contributed by atoms with Crippen molar-refractivity contribution in [3.05, 3.63) is 77.5 Å². The number of hydrogen-bond acceptors (Lipinski definition) is 7. The first-order valence-corrected chi connectivity index (χ1v) is 10.6. The van der Waals surface area contributed by atoms with Crippen LogP contribution in [0.5, 0.6) is 11.5 Å². The molecule has 0 fully saturated rings. The van der Waals surface area contributed by atoms with Gasteiger partial charge < -0.3 is 19.1 Å². The van der Waals surface area contributed by atoms with Crippen LogP contribution in [-0.4, -0.2) is 32.2 Å². The van der Waals surface area contributed by atoms with Crippen LogP contribution in [-0.2, 0) is 11.3 Å². The number of rotatable bonds is 5. The molecule has 1 aromatic heterocycles. The molecule has 0 unspecified atom stereocenters. The van der Waals surface area contributed by atoms with Crippen molar-refractivity contribution in [2.24, 2.45) is 0 Å². The highest BCUT2D eigenvalue weighted by Crippen LogP contribution is 2.42. The number of anilines is 2. The molecule has 0 aliphatic carbocycles. The molecule has 0 saturated carbocycles. The van der Waals surface area contributed by atoms with E-state index in [4.69, 9.17) is 19.5 Å². The van der Waals surface area contributed by atoms with Gasteiger partial charge in [-0.1, -0.05) is 0 Å². The second kappa shape index (κ2) is 9.53. The normalized spacial score (nSPS) is 11.8. The Kier molecular flexibility index (Phi) is 6.50. The first-order valence-electron chi connectivity index (χ1n) is 10.6. The van der Waals surface area contributed by atoms with E-state index in [0.717, 1.165) is 39.0 Å². The monoisotopic (exact) mass is 487 g/mol. The maximum atomic E-state index is 12.7. The number of cyclic esters (lactones) is 1. The number of methoxy groups -OCH3 is 2. The molecule has 0 bridgehead atoms. The summed E-state index contributed by atoms with van der Waals surface area (Å²) in [5, 5.41) is 10.8. The molecule has 8 heteroatoms. The van der Waals surface area contributed by atoms with E-state index in [1.807, 2.05) is 54.4 Å². The van der Waals surface area contributed by atoms with Crippen LogP contribution in [0.15, 0.2) is 60.8 Å². The molecule has 1 aliphatic heterocycles. The lowest BCUT2D eigenvalue weighted by Gasteiger charge is -2.19. The topological polar surface area (TPSA) is 84.7 Å². The predicted molar refractivity (Wildman–Crippen MR) is 136 cm³/mol. The molecule has 7 nitrogen and oxygen atoms in total. The van der Waals surface area contributed by atoms with E-state index in [-0.39, 0.29) is 25.0 Å². The summed E-state index contributed by atoms with van der Waals surface area (Å²) in [6.45, 7) is 0.235. The zero-order valence-electron chi connectivity index (χ0n) is 19.4. The number of hydrogen-bond donors (Lipinski definition) is 0. The molecule has 0 amide bonds. The fourth-order valence-corrected chi connectivity index (χ4v) is 4.27. The number of carbonyl (C=O) groups excluding carboxylic acids is 1. The molecular weight excluding hydrogens is 466 g/mol. The van der Waals surface area contributed by atoms with Crippen molar-refractivity contribution >= 4 is 40.7 Å². The molecular formula is C27H22ClN3O4. The average molecular weight is 488 g/mol. The van der Waals surface area contributed by atoms with E-state index in [1.165, 1.54) is 0 Å². The molecule has 35 heavy (non-hydrogen) atoms. The highest BCUT2D eigenvalue weighted by Gasteiger charge is 2.28. The van der Waals surface area contributed by atoms with Gasteiger partial charge in [0.2, 0.25) is 0 Å². The quantitative estimate of drug-likeness (QED) is 0.336. The molecule has 176 valence electrons. The third-order valence-electron chi connectivity index (χ3n) is 6.05. The van der Waals surface area contributed by atoms with Gasteiger partial charge in [-0.25, -0.2) is 9.78 Å². The standard InChI is InChI=1S/C27H21N3O4.ClH/c1-30(20-7-4-16(13-28)5-8-20)24-9-6-17(14-29-24)25-21-12-23(33-3)22(32-2)11-18(21)10-19-15-34-27(31)26(19)25;/h4-12,14H,15H2,1-3H3;1H. The van der Waals surface area contributed by atoms with Crippen LogP contribution in [0, 0.1) is 11.3 Å². The molecule has 5 rings (SSSR count). The number of carbonyl (C=O) groups is 1. The summed E-state index contributed by atoms with van der Waals surface area (Å²) in [4.78, 5) is 19.3. The maximum absolute atomic E-state index is 12.7. The summed E-state index contributed by atoms with van der Waals surface area (Å²) in [6, 6.07) is 19.0. The number of nitrogens with zero attached hydrogens (tertiary/aromatic N) is 3. The predicted octanol–water partition coefficient (Wildman–Crippen LogP) is 5.65. The minimum absolute atomic E-state index is 0. The fraction of sp³-hybridized carbons (Fsp3) is 0.148. The smallest absolute Gasteiger partial charge is 0.339 e. The van der Waals surface area contributed by atoms with Gasteiger partial charge in [-0.15, -0.1) is 12.4 Å². The number of ether oxygens (including phenoxy) is 3. The van der Waals surface area contributed by atoms with Gasteiger partial charge >= 0.3 is 5.97 Å². The van der Waals surface area contributed by atoms with Crippen molar-refractivity contribution in [1.29, 1.82) is 5.26 Å². The highest BCUT2D eigenvalue weighted by atomic mass is 35.5. The van der Waals surface area contributed by atoms with Crippen molar-refractivity contribution in [2.45, 2.75) is 6.61 Å².